The van der Waals surface area contributed by atoms with Crippen molar-refractivity contribution in [3.8, 4) is 5.75 Å². The fraction of sp³-hybridized carbons (Fsp3) is 0.238. The van der Waals surface area contributed by atoms with Crippen LogP contribution in [0.25, 0.3) is 10.8 Å². The van der Waals surface area contributed by atoms with E-state index in [1.54, 1.807) is 6.20 Å². The van der Waals surface area contributed by atoms with Crippen LogP contribution in [0.2, 0.25) is 0 Å². The molecule has 4 heteroatoms. The van der Waals surface area contributed by atoms with Crippen molar-refractivity contribution in [3.05, 3.63) is 76.2 Å². The number of pyridine rings is 1. The lowest BCUT2D eigenvalue weighted by atomic mass is 9.86. The fourth-order valence-corrected chi connectivity index (χ4v) is 3.20. The largest absolute Gasteiger partial charge is 0.426 e. The minimum atomic E-state index is -0.127. The number of ether oxygens (including phenoxy) is 1. The highest BCUT2D eigenvalue weighted by atomic mass is 16.5. The summed E-state index contributed by atoms with van der Waals surface area (Å²) in [5, 5.41) is 1.63. The first-order valence-corrected chi connectivity index (χ1v) is 8.60. The predicted molar refractivity (Wildman–Crippen MR) is 96.8 cm³/mol. The van der Waals surface area contributed by atoms with E-state index >= 15 is 0 Å². The molecule has 0 atom stereocenters. The summed E-state index contributed by atoms with van der Waals surface area (Å²) in [5.74, 6) is 0.521. The second-order valence-electron chi connectivity index (χ2n) is 6.56. The molecular weight excluding hydrogens is 314 g/mol. The van der Waals surface area contributed by atoms with Gasteiger partial charge in [0.25, 0.3) is 5.56 Å². The topological polar surface area (TPSA) is 59.2 Å². The number of fused-ring (bicyclic) bond motifs is 1. The third-order valence-electron chi connectivity index (χ3n) is 4.85. The van der Waals surface area contributed by atoms with Crippen molar-refractivity contribution in [2.45, 2.75) is 25.7 Å². The van der Waals surface area contributed by atoms with Gasteiger partial charge in [0.15, 0.2) is 0 Å². The highest BCUT2D eigenvalue weighted by molar-refractivity contribution is 5.84. The Bertz CT molecular complexity index is 986. The highest BCUT2D eigenvalue weighted by Crippen LogP contribution is 2.28. The molecule has 1 aliphatic rings. The van der Waals surface area contributed by atoms with Crippen LogP contribution in [0.5, 0.6) is 5.75 Å². The molecule has 1 heterocycles. The van der Waals surface area contributed by atoms with E-state index in [0.717, 1.165) is 35.8 Å². The lowest BCUT2D eigenvalue weighted by molar-refractivity contribution is -0.141. The number of carbonyl (C=O) groups excluding carboxylic acids is 1. The van der Waals surface area contributed by atoms with Gasteiger partial charge in [-0.2, -0.15) is 0 Å². The van der Waals surface area contributed by atoms with Gasteiger partial charge < -0.3 is 9.72 Å². The van der Waals surface area contributed by atoms with E-state index in [0.29, 0.717) is 17.6 Å². The van der Waals surface area contributed by atoms with Gasteiger partial charge in [-0.05, 0) is 54.0 Å². The Kier molecular flexibility index (Phi) is 4.10. The molecule has 1 aromatic heterocycles. The Morgan fingerprint density at radius 1 is 1.08 bits per heavy atom. The maximum absolute atomic E-state index is 12.0. The standard InChI is InChI=1S/C21H19NO3/c23-20-19-10-2-1-9-18(19)16(13-22-20)11-14-5-3-8-17(12-14)25-21(24)15-6-4-7-15/h1-3,5,8-10,12-13,15H,4,6-7,11H2,(H,22,23). The summed E-state index contributed by atoms with van der Waals surface area (Å²) in [6, 6.07) is 15.2. The summed E-state index contributed by atoms with van der Waals surface area (Å²) in [4.78, 5) is 26.8. The van der Waals surface area contributed by atoms with Gasteiger partial charge >= 0.3 is 5.97 Å². The van der Waals surface area contributed by atoms with Crippen molar-refractivity contribution >= 4 is 16.7 Å². The van der Waals surface area contributed by atoms with E-state index in [1.165, 1.54) is 0 Å². The molecular formula is C21H19NO3. The minimum Gasteiger partial charge on any atom is -0.426 e. The van der Waals surface area contributed by atoms with Crippen LogP contribution in [0, 0.1) is 5.92 Å². The molecule has 4 nitrogen and oxygen atoms in total. The lowest BCUT2D eigenvalue weighted by Crippen LogP contribution is -2.26. The average molecular weight is 333 g/mol. The molecule has 126 valence electrons. The van der Waals surface area contributed by atoms with Crippen molar-refractivity contribution in [1.29, 1.82) is 0 Å². The molecule has 3 aromatic rings. The Balaban J connectivity index is 1.59. The van der Waals surface area contributed by atoms with E-state index in [-0.39, 0.29) is 17.4 Å². The molecule has 0 unspecified atom stereocenters. The Hall–Kier alpha value is -2.88. The van der Waals surface area contributed by atoms with Crippen molar-refractivity contribution in [1.82, 2.24) is 4.98 Å². The van der Waals surface area contributed by atoms with Crippen LogP contribution in [0.4, 0.5) is 0 Å². The minimum absolute atomic E-state index is 0.0619. The van der Waals surface area contributed by atoms with Crippen molar-refractivity contribution in [2.24, 2.45) is 5.92 Å². The summed E-state index contributed by atoms with van der Waals surface area (Å²) in [6.07, 6.45) is 5.40. The van der Waals surface area contributed by atoms with Crippen LogP contribution in [0.3, 0.4) is 0 Å². The first-order valence-electron chi connectivity index (χ1n) is 8.60. The number of aromatic amines is 1. The van der Waals surface area contributed by atoms with Crippen LogP contribution in [0.15, 0.2) is 59.5 Å². The zero-order chi connectivity index (χ0) is 17.2. The molecule has 0 saturated heterocycles. The number of carbonyl (C=O) groups is 1. The van der Waals surface area contributed by atoms with Gasteiger partial charge in [-0.1, -0.05) is 36.8 Å². The molecule has 1 aliphatic carbocycles. The molecule has 4 rings (SSSR count). The molecule has 0 spiro atoms. The third-order valence-corrected chi connectivity index (χ3v) is 4.85. The average Bonchev–Trinajstić information content (AvgIpc) is 2.56. The SMILES string of the molecule is O=C(Oc1cccc(Cc2c[nH]c(=O)c3ccccc23)c1)C1CCC1. The monoisotopic (exact) mass is 333 g/mol. The van der Waals surface area contributed by atoms with Gasteiger partial charge in [0, 0.05) is 11.6 Å². The smallest absolute Gasteiger partial charge is 0.314 e. The number of nitrogens with one attached hydrogen (secondary N) is 1. The number of rotatable bonds is 4. The highest BCUT2D eigenvalue weighted by Gasteiger charge is 2.27. The van der Waals surface area contributed by atoms with Gasteiger partial charge in [0.05, 0.1) is 5.92 Å². The fourth-order valence-electron chi connectivity index (χ4n) is 3.20. The van der Waals surface area contributed by atoms with Gasteiger partial charge in [0.2, 0.25) is 0 Å². The van der Waals surface area contributed by atoms with Crippen molar-refractivity contribution < 1.29 is 9.53 Å². The molecule has 0 aliphatic heterocycles. The van der Waals surface area contributed by atoms with Crippen LogP contribution in [-0.2, 0) is 11.2 Å². The summed E-state index contributed by atoms with van der Waals surface area (Å²) in [5.41, 5.74) is 2.00. The maximum Gasteiger partial charge on any atom is 0.314 e. The zero-order valence-electron chi connectivity index (χ0n) is 13.8. The molecule has 0 bridgehead atoms. The summed E-state index contributed by atoms with van der Waals surface area (Å²) >= 11 is 0. The molecule has 1 N–H and O–H groups in total. The van der Waals surface area contributed by atoms with E-state index in [1.807, 2.05) is 48.5 Å². The molecule has 1 saturated carbocycles. The number of hydrogen-bond acceptors (Lipinski definition) is 3. The summed E-state index contributed by atoms with van der Waals surface area (Å²) in [7, 11) is 0. The summed E-state index contributed by atoms with van der Waals surface area (Å²) < 4.78 is 5.51. The molecule has 25 heavy (non-hydrogen) atoms. The number of benzene rings is 2. The Morgan fingerprint density at radius 3 is 2.64 bits per heavy atom. The molecule has 0 radical (unpaired) electrons. The van der Waals surface area contributed by atoms with Gasteiger partial charge in [0.1, 0.15) is 5.75 Å². The second-order valence-corrected chi connectivity index (χ2v) is 6.56. The normalized spacial score (nSPS) is 14.2. The molecule has 2 aromatic carbocycles. The Labute approximate surface area is 145 Å². The maximum atomic E-state index is 12.0. The van der Waals surface area contributed by atoms with Crippen LogP contribution >= 0.6 is 0 Å². The number of aromatic nitrogens is 1. The van der Waals surface area contributed by atoms with E-state index < -0.39 is 0 Å². The van der Waals surface area contributed by atoms with E-state index in [4.69, 9.17) is 4.74 Å². The zero-order valence-corrected chi connectivity index (χ0v) is 13.8. The first kappa shape index (κ1) is 15.6. The van der Waals surface area contributed by atoms with E-state index in [9.17, 15) is 9.59 Å². The number of hydrogen-bond donors (Lipinski definition) is 1. The van der Waals surface area contributed by atoms with Crippen LogP contribution in [0.1, 0.15) is 30.4 Å². The molecule has 0 amide bonds. The van der Waals surface area contributed by atoms with E-state index in [2.05, 4.69) is 4.98 Å². The quantitative estimate of drug-likeness (QED) is 0.583. The van der Waals surface area contributed by atoms with Crippen molar-refractivity contribution in [2.75, 3.05) is 0 Å². The van der Waals surface area contributed by atoms with Crippen LogP contribution < -0.4 is 10.3 Å². The predicted octanol–water partition coefficient (Wildman–Crippen LogP) is 3.82. The second kappa shape index (κ2) is 6.55. The number of esters is 1. The van der Waals surface area contributed by atoms with Gasteiger partial charge in [-0.25, -0.2) is 0 Å². The Morgan fingerprint density at radius 2 is 1.88 bits per heavy atom. The third kappa shape index (κ3) is 3.20. The van der Waals surface area contributed by atoms with Crippen molar-refractivity contribution in [3.63, 3.8) is 0 Å². The first-order chi connectivity index (χ1) is 12.2. The lowest BCUT2D eigenvalue weighted by Gasteiger charge is -2.23. The van der Waals surface area contributed by atoms with Crippen LogP contribution in [-0.4, -0.2) is 11.0 Å². The number of H-pyrrole nitrogens is 1. The van der Waals surface area contributed by atoms with Gasteiger partial charge in [-0.15, -0.1) is 0 Å². The summed E-state index contributed by atoms with van der Waals surface area (Å²) in [6.45, 7) is 0. The van der Waals surface area contributed by atoms with Gasteiger partial charge in [-0.3, -0.25) is 9.59 Å². The molecule has 1 fully saturated rings.